The molecule has 2 heterocycles. The van der Waals surface area contributed by atoms with Crippen LogP contribution in [0.15, 0.2) is 17.1 Å². The first-order chi connectivity index (χ1) is 7.13. The normalized spacial score (nSPS) is 11.5. The van der Waals surface area contributed by atoms with Crippen molar-refractivity contribution < 1.29 is 0 Å². The second-order valence-electron chi connectivity index (χ2n) is 3.81. The molecular formula is C10H14N4O. The summed E-state index contributed by atoms with van der Waals surface area (Å²) in [6.07, 6.45) is 1.74. The Morgan fingerprint density at radius 1 is 1.60 bits per heavy atom. The molecule has 15 heavy (non-hydrogen) atoms. The molecule has 0 atom stereocenters. The number of aromatic nitrogens is 3. The van der Waals surface area contributed by atoms with Crippen molar-refractivity contribution in [1.82, 2.24) is 14.8 Å². The lowest BCUT2D eigenvalue weighted by Gasteiger charge is -2.06. The quantitative estimate of drug-likeness (QED) is 0.761. The van der Waals surface area contributed by atoms with E-state index in [4.69, 9.17) is 5.73 Å². The van der Waals surface area contributed by atoms with Gasteiger partial charge in [-0.15, -0.1) is 0 Å². The highest BCUT2D eigenvalue weighted by molar-refractivity contribution is 5.75. The van der Waals surface area contributed by atoms with Gasteiger partial charge < -0.3 is 10.7 Å². The Hall–Kier alpha value is -1.62. The minimum absolute atomic E-state index is 0.132. The van der Waals surface area contributed by atoms with Gasteiger partial charge in [-0.2, -0.15) is 5.10 Å². The monoisotopic (exact) mass is 206 g/mol. The zero-order valence-electron chi connectivity index (χ0n) is 8.82. The van der Waals surface area contributed by atoms with Gasteiger partial charge >= 0.3 is 0 Å². The van der Waals surface area contributed by atoms with Crippen LogP contribution in [0, 0.1) is 0 Å². The molecule has 0 aliphatic carbocycles. The molecule has 2 rings (SSSR count). The number of pyridine rings is 1. The molecule has 0 aromatic carbocycles. The molecule has 3 N–H and O–H groups in total. The van der Waals surface area contributed by atoms with Crippen LogP contribution in [0.4, 0.5) is 0 Å². The van der Waals surface area contributed by atoms with E-state index in [1.165, 1.54) is 0 Å². The number of nitrogens with one attached hydrogen (secondary N) is 1. The average molecular weight is 206 g/mol. The number of hydrogen-bond acceptors (Lipinski definition) is 3. The Bertz CT molecular complexity index is 538. The number of rotatable bonds is 2. The first-order valence-electron chi connectivity index (χ1n) is 4.93. The molecule has 5 nitrogen and oxygen atoms in total. The van der Waals surface area contributed by atoms with E-state index in [-0.39, 0.29) is 18.1 Å². The van der Waals surface area contributed by atoms with Crippen LogP contribution in [0.3, 0.4) is 0 Å². The standard InChI is InChI=1S/C10H14N4O/c1-6(2)14-9-8(5-12-14)3-7(4-11)10(15)13-9/h3,5-6H,4,11H2,1-2H3,(H,13,15). The van der Waals surface area contributed by atoms with Crippen molar-refractivity contribution in [2.24, 2.45) is 5.73 Å². The van der Waals surface area contributed by atoms with Crippen molar-refractivity contribution in [2.75, 3.05) is 0 Å². The van der Waals surface area contributed by atoms with Crippen LogP contribution < -0.4 is 11.3 Å². The summed E-state index contributed by atoms with van der Waals surface area (Å²) in [5.41, 5.74) is 6.67. The van der Waals surface area contributed by atoms with Gasteiger partial charge in [0.05, 0.1) is 6.20 Å². The minimum atomic E-state index is -0.132. The predicted molar refractivity (Wildman–Crippen MR) is 58.6 cm³/mol. The summed E-state index contributed by atoms with van der Waals surface area (Å²) in [6.45, 7) is 4.28. The van der Waals surface area contributed by atoms with E-state index in [1.54, 1.807) is 16.9 Å². The number of hydrogen-bond donors (Lipinski definition) is 2. The predicted octanol–water partition coefficient (Wildman–Crippen LogP) is 0.764. The molecule has 0 saturated heterocycles. The molecule has 80 valence electrons. The fourth-order valence-corrected chi connectivity index (χ4v) is 1.59. The molecule has 0 aliphatic rings. The van der Waals surface area contributed by atoms with Gasteiger partial charge in [-0.3, -0.25) is 4.79 Å². The highest BCUT2D eigenvalue weighted by Crippen LogP contribution is 2.14. The van der Waals surface area contributed by atoms with Crippen LogP contribution in [0.5, 0.6) is 0 Å². The van der Waals surface area contributed by atoms with Crippen LogP contribution in [0.1, 0.15) is 25.5 Å². The van der Waals surface area contributed by atoms with Crippen molar-refractivity contribution >= 4 is 11.0 Å². The van der Waals surface area contributed by atoms with E-state index in [9.17, 15) is 4.79 Å². The lowest BCUT2D eigenvalue weighted by Crippen LogP contribution is -2.17. The molecule has 0 radical (unpaired) electrons. The van der Waals surface area contributed by atoms with Gasteiger partial charge in [-0.05, 0) is 19.9 Å². The highest BCUT2D eigenvalue weighted by atomic mass is 16.1. The van der Waals surface area contributed by atoms with Gasteiger partial charge in [0.15, 0.2) is 0 Å². The number of fused-ring (bicyclic) bond motifs is 1. The van der Waals surface area contributed by atoms with Crippen molar-refractivity contribution in [3.63, 3.8) is 0 Å². The van der Waals surface area contributed by atoms with Crippen molar-refractivity contribution in [2.45, 2.75) is 26.4 Å². The molecular weight excluding hydrogens is 192 g/mol. The molecule has 5 heteroatoms. The van der Waals surface area contributed by atoms with E-state index in [0.717, 1.165) is 11.0 Å². The summed E-state index contributed by atoms with van der Waals surface area (Å²) in [7, 11) is 0. The van der Waals surface area contributed by atoms with Crippen molar-refractivity contribution in [1.29, 1.82) is 0 Å². The van der Waals surface area contributed by atoms with Crippen LogP contribution in [0.25, 0.3) is 11.0 Å². The third-order valence-electron chi connectivity index (χ3n) is 2.39. The van der Waals surface area contributed by atoms with Gasteiger partial charge in [-0.1, -0.05) is 0 Å². The first kappa shape index (κ1) is 9.92. The third kappa shape index (κ3) is 1.55. The highest BCUT2D eigenvalue weighted by Gasteiger charge is 2.08. The van der Waals surface area contributed by atoms with Gasteiger partial charge in [0, 0.05) is 23.5 Å². The number of nitrogens with two attached hydrogens (primary N) is 1. The third-order valence-corrected chi connectivity index (χ3v) is 2.39. The van der Waals surface area contributed by atoms with E-state index < -0.39 is 0 Å². The molecule has 0 fully saturated rings. The molecule has 0 bridgehead atoms. The van der Waals surface area contributed by atoms with Crippen LogP contribution in [0.2, 0.25) is 0 Å². The van der Waals surface area contributed by atoms with E-state index in [0.29, 0.717) is 5.56 Å². The van der Waals surface area contributed by atoms with Crippen molar-refractivity contribution in [3.8, 4) is 0 Å². The Balaban J connectivity index is 2.73. The zero-order valence-corrected chi connectivity index (χ0v) is 8.82. The van der Waals surface area contributed by atoms with E-state index in [2.05, 4.69) is 10.1 Å². The molecule has 0 amide bonds. The number of aromatic amines is 1. The molecule has 0 saturated carbocycles. The Labute approximate surface area is 86.9 Å². The van der Waals surface area contributed by atoms with E-state index in [1.807, 2.05) is 13.8 Å². The SMILES string of the molecule is CC(C)n1ncc2cc(CN)c(=O)[nH]c21. The summed E-state index contributed by atoms with van der Waals surface area (Å²) in [4.78, 5) is 14.4. The number of H-pyrrole nitrogens is 1. The maximum absolute atomic E-state index is 11.6. The molecule has 0 spiro atoms. The summed E-state index contributed by atoms with van der Waals surface area (Å²) in [5.74, 6) is 0. The Morgan fingerprint density at radius 3 is 2.93 bits per heavy atom. The molecule has 0 unspecified atom stereocenters. The molecule has 2 aromatic heterocycles. The fraction of sp³-hybridized carbons (Fsp3) is 0.400. The molecule has 2 aromatic rings. The van der Waals surface area contributed by atoms with Gasteiger partial charge in [-0.25, -0.2) is 4.68 Å². The second-order valence-corrected chi connectivity index (χ2v) is 3.81. The zero-order chi connectivity index (χ0) is 11.0. The maximum Gasteiger partial charge on any atom is 0.254 e. The van der Waals surface area contributed by atoms with Crippen LogP contribution >= 0.6 is 0 Å². The first-order valence-corrected chi connectivity index (χ1v) is 4.93. The summed E-state index contributed by atoms with van der Waals surface area (Å²) < 4.78 is 1.79. The largest absolute Gasteiger partial charge is 0.326 e. The molecule has 0 aliphatic heterocycles. The summed E-state index contributed by atoms with van der Waals surface area (Å²) in [6, 6.07) is 2.02. The van der Waals surface area contributed by atoms with Crippen molar-refractivity contribution in [3.05, 3.63) is 28.2 Å². The summed E-state index contributed by atoms with van der Waals surface area (Å²) >= 11 is 0. The number of nitrogens with zero attached hydrogens (tertiary/aromatic N) is 2. The van der Waals surface area contributed by atoms with Crippen LogP contribution in [-0.2, 0) is 6.54 Å². The maximum atomic E-state index is 11.6. The van der Waals surface area contributed by atoms with Gasteiger partial charge in [0.2, 0.25) is 0 Å². The Kier molecular flexibility index (Phi) is 2.32. The van der Waals surface area contributed by atoms with E-state index >= 15 is 0 Å². The van der Waals surface area contributed by atoms with Gasteiger partial charge in [0.1, 0.15) is 5.65 Å². The minimum Gasteiger partial charge on any atom is -0.326 e. The average Bonchev–Trinajstić information content (AvgIpc) is 2.59. The van der Waals surface area contributed by atoms with Crippen LogP contribution in [-0.4, -0.2) is 14.8 Å². The Morgan fingerprint density at radius 2 is 2.33 bits per heavy atom. The topological polar surface area (TPSA) is 76.7 Å². The smallest absolute Gasteiger partial charge is 0.254 e. The van der Waals surface area contributed by atoms with Gasteiger partial charge in [0.25, 0.3) is 5.56 Å². The lowest BCUT2D eigenvalue weighted by atomic mass is 10.2. The fourth-order valence-electron chi connectivity index (χ4n) is 1.59. The second kappa shape index (κ2) is 3.51. The lowest BCUT2D eigenvalue weighted by molar-refractivity contribution is 0.546. The summed E-state index contributed by atoms with van der Waals surface area (Å²) in [5, 5.41) is 5.14.